The molecule has 0 bridgehead atoms. The van der Waals surface area contributed by atoms with Gasteiger partial charge in [0.15, 0.2) is 5.78 Å². The Labute approximate surface area is 95.0 Å². The minimum Gasteiger partial charge on any atom is -0.344 e. The second-order valence-electron chi connectivity index (χ2n) is 2.88. The smallest absolute Gasteiger partial charge is 0.238 e. The summed E-state index contributed by atoms with van der Waals surface area (Å²) in [6.07, 6.45) is 0. The number of Topliss-reactive ketones (excluding diaryl/α,β-unsaturated/α-hetero) is 1. The van der Waals surface area contributed by atoms with Gasteiger partial charge in [0.05, 0.1) is 12.1 Å². The van der Waals surface area contributed by atoms with Crippen LogP contribution in [0, 0.1) is 0 Å². The molecule has 0 saturated heterocycles. The number of amides is 1. The molecule has 0 aromatic carbocycles. The van der Waals surface area contributed by atoms with Gasteiger partial charge >= 0.3 is 0 Å². The van der Waals surface area contributed by atoms with Crippen molar-refractivity contribution < 1.29 is 9.59 Å². The molecule has 0 unspecified atom stereocenters. The summed E-state index contributed by atoms with van der Waals surface area (Å²) in [5.41, 5.74) is 0. The average molecular weight is 236 g/mol. The fourth-order valence-electron chi connectivity index (χ4n) is 0.853. The van der Waals surface area contributed by atoms with Crippen LogP contribution in [0.25, 0.3) is 0 Å². The molecule has 6 heteroatoms. The summed E-state index contributed by atoms with van der Waals surface area (Å²) in [6.45, 7) is 1.43. The minimum absolute atomic E-state index is 0.0950. The lowest BCUT2D eigenvalue weighted by atomic mass is 10.2. The van der Waals surface area contributed by atoms with E-state index in [1.54, 1.807) is 7.05 Å². The lowest BCUT2D eigenvalue weighted by molar-refractivity contribution is -0.127. The standard InChI is InChI=1S/C8H16N2O2S2/c1-5(11)6(3-13)10-8(12)7(4-14)9-2/h6-7,9,13-14H,3-4H2,1-2H3,(H,10,12)/t6-,7-/m0/s1. The highest BCUT2D eigenvalue weighted by atomic mass is 32.1. The third-order valence-electron chi connectivity index (χ3n) is 1.84. The number of ketones is 1. The van der Waals surface area contributed by atoms with Gasteiger partial charge in [0.25, 0.3) is 0 Å². The Morgan fingerprint density at radius 1 is 1.21 bits per heavy atom. The monoisotopic (exact) mass is 236 g/mol. The van der Waals surface area contributed by atoms with Crippen molar-refractivity contribution in [1.29, 1.82) is 0 Å². The van der Waals surface area contributed by atoms with E-state index >= 15 is 0 Å². The van der Waals surface area contributed by atoms with Crippen molar-refractivity contribution in [2.24, 2.45) is 0 Å². The molecule has 2 N–H and O–H groups in total. The van der Waals surface area contributed by atoms with Crippen molar-refractivity contribution >= 4 is 36.9 Å². The minimum atomic E-state index is -0.512. The van der Waals surface area contributed by atoms with Gasteiger partial charge in [0, 0.05) is 11.5 Å². The lowest BCUT2D eigenvalue weighted by Gasteiger charge is -2.18. The normalized spacial score (nSPS) is 14.6. The largest absolute Gasteiger partial charge is 0.344 e. The Morgan fingerprint density at radius 3 is 2.00 bits per heavy atom. The molecule has 14 heavy (non-hydrogen) atoms. The van der Waals surface area contributed by atoms with Gasteiger partial charge < -0.3 is 10.6 Å². The number of carbonyl (C=O) groups excluding carboxylic acids is 2. The van der Waals surface area contributed by atoms with E-state index in [9.17, 15) is 9.59 Å². The molecule has 2 atom stereocenters. The molecule has 4 nitrogen and oxygen atoms in total. The van der Waals surface area contributed by atoms with E-state index in [0.29, 0.717) is 11.5 Å². The van der Waals surface area contributed by atoms with Gasteiger partial charge in [-0.2, -0.15) is 25.3 Å². The molecule has 0 aliphatic carbocycles. The molecule has 0 aromatic heterocycles. The SMILES string of the molecule is CN[C@@H](CS)C(=O)N[C@@H](CS)C(C)=O. The molecule has 82 valence electrons. The van der Waals surface area contributed by atoms with Crippen LogP contribution in [0.3, 0.4) is 0 Å². The van der Waals surface area contributed by atoms with Crippen LogP contribution in [0.15, 0.2) is 0 Å². The third-order valence-corrected chi connectivity index (χ3v) is 2.57. The third kappa shape index (κ3) is 4.34. The summed E-state index contributed by atoms with van der Waals surface area (Å²) in [4.78, 5) is 22.5. The van der Waals surface area contributed by atoms with Crippen molar-refractivity contribution in [3.8, 4) is 0 Å². The van der Waals surface area contributed by atoms with E-state index in [4.69, 9.17) is 0 Å². The van der Waals surface area contributed by atoms with Crippen molar-refractivity contribution in [3.05, 3.63) is 0 Å². The van der Waals surface area contributed by atoms with Crippen LogP contribution in [0.4, 0.5) is 0 Å². The summed E-state index contributed by atoms with van der Waals surface area (Å²) in [7, 11) is 1.67. The van der Waals surface area contributed by atoms with Crippen LogP contribution in [-0.4, -0.2) is 42.3 Å². The Hall–Kier alpha value is -0.200. The molecular weight excluding hydrogens is 220 g/mol. The Balaban J connectivity index is 4.20. The number of nitrogens with one attached hydrogen (secondary N) is 2. The zero-order valence-corrected chi connectivity index (χ0v) is 10.1. The summed E-state index contributed by atoms with van der Waals surface area (Å²) in [5, 5.41) is 5.39. The maximum Gasteiger partial charge on any atom is 0.238 e. The molecule has 0 fully saturated rings. The van der Waals surface area contributed by atoms with E-state index in [0.717, 1.165) is 0 Å². The fourth-order valence-corrected chi connectivity index (χ4v) is 1.55. The molecule has 0 aliphatic rings. The second-order valence-corrected chi connectivity index (χ2v) is 3.61. The molecule has 0 radical (unpaired) electrons. The van der Waals surface area contributed by atoms with Gasteiger partial charge in [0.2, 0.25) is 5.91 Å². The Morgan fingerprint density at radius 2 is 1.71 bits per heavy atom. The van der Waals surface area contributed by atoms with Crippen LogP contribution in [-0.2, 0) is 9.59 Å². The molecule has 0 heterocycles. The lowest BCUT2D eigenvalue weighted by Crippen LogP contribution is -2.50. The summed E-state index contributed by atoms with van der Waals surface area (Å²) < 4.78 is 0. The van der Waals surface area contributed by atoms with Gasteiger partial charge in [-0.3, -0.25) is 9.59 Å². The van der Waals surface area contributed by atoms with Crippen molar-refractivity contribution in [2.45, 2.75) is 19.0 Å². The fraction of sp³-hybridized carbons (Fsp3) is 0.750. The van der Waals surface area contributed by atoms with Crippen LogP contribution >= 0.6 is 25.3 Å². The molecule has 0 spiro atoms. The van der Waals surface area contributed by atoms with Gasteiger partial charge in [-0.15, -0.1) is 0 Å². The van der Waals surface area contributed by atoms with E-state index in [1.807, 2.05) is 0 Å². The van der Waals surface area contributed by atoms with Crippen molar-refractivity contribution in [3.63, 3.8) is 0 Å². The first kappa shape index (κ1) is 13.8. The predicted octanol–water partition coefficient (Wildman–Crippen LogP) is -0.492. The molecule has 0 saturated carbocycles. The topological polar surface area (TPSA) is 58.2 Å². The number of carbonyl (C=O) groups is 2. The summed E-state index contributed by atoms with van der Waals surface area (Å²) >= 11 is 7.99. The first-order valence-electron chi connectivity index (χ1n) is 4.26. The highest BCUT2D eigenvalue weighted by molar-refractivity contribution is 7.80. The van der Waals surface area contributed by atoms with Crippen molar-refractivity contribution in [2.75, 3.05) is 18.6 Å². The van der Waals surface area contributed by atoms with Gasteiger partial charge in [0.1, 0.15) is 0 Å². The van der Waals surface area contributed by atoms with Crippen LogP contribution < -0.4 is 10.6 Å². The predicted molar refractivity (Wildman–Crippen MR) is 63.2 cm³/mol. The van der Waals surface area contributed by atoms with Crippen LogP contribution in [0.1, 0.15) is 6.92 Å². The molecular formula is C8H16N2O2S2. The highest BCUT2D eigenvalue weighted by Crippen LogP contribution is 1.93. The first-order valence-corrected chi connectivity index (χ1v) is 5.53. The van der Waals surface area contributed by atoms with Gasteiger partial charge in [-0.25, -0.2) is 0 Å². The highest BCUT2D eigenvalue weighted by Gasteiger charge is 2.20. The number of hydrogen-bond acceptors (Lipinski definition) is 5. The van der Waals surface area contributed by atoms with E-state index in [-0.39, 0.29) is 17.7 Å². The zero-order chi connectivity index (χ0) is 11.1. The molecule has 1 amide bonds. The van der Waals surface area contributed by atoms with Crippen LogP contribution in [0.2, 0.25) is 0 Å². The zero-order valence-electron chi connectivity index (χ0n) is 8.28. The number of hydrogen-bond donors (Lipinski definition) is 4. The summed E-state index contributed by atoms with van der Waals surface area (Å²) in [6, 6.07) is -0.887. The quantitative estimate of drug-likeness (QED) is 0.471. The van der Waals surface area contributed by atoms with Gasteiger partial charge in [-0.1, -0.05) is 0 Å². The Kier molecular flexibility index (Phi) is 7.04. The maximum absolute atomic E-state index is 11.5. The van der Waals surface area contributed by atoms with E-state index in [1.165, 1.54) is 6.92 Å². The van der Waals surface area contributed by atoms with E-state index < -0.39 is 6.04 Å². The summed E-state index contributed by atoms with van der Waals surface area (Å²) in [5.74, 6) is 0.378. The first-order chi connectivity index (χ1) is 6.56. The molecule has 0 aliphatic heterocycles. The molecule has 0 rings (SSSR count). The van der Waals surface area contributed by atoms with Crippen LogP contribution in [0.5, 0.6) is 0 Å². The van der Waals surface area contributed by atoms with Crippen molar-refractivity contribution in [1.82, 2.24) is 10.6 Å². The maximum atomic E-state index is 11.5. The number of rotatable bonds is 6. The average Bonchev–Trinajstić information content (AvgIpc) is 2.15. The molecule has 0 aromatic rings. The number of likely N-dealkylation sites (N-methyl/N-ethyl adjacent to an activating group) is 1. The Bertz CT molecular complexity index is 208. The second kappa shape index (κ2) is 7.14. The van der Waals surface area contributed by atoms with E-state index in [2.05, 4.69) is 35.9 Å². The number of thiol groups is 2. The van der Waals surface area contributed by atoms with Gasteiger partial charge in [-0.05, 0) is 14.0 Å².